The molecule has 0 unspecified atom stereocenters. The van der Waals surface area contributed by atoms with Gasteiger partial charge in [0.1, 0.15) is 11.6 Å². The maximum absolute atomic E-state index is 13.1. The molecule has 1 aliphatic heterocycles. The van der Waals surface area contributed by atoms with Gasteiger partial charge in [-0.25, -0.2) is 4.39 Å². The van der Waals surface area contributed by atoms with Crippen molar-refractivity contribution in [3.8, 4) is 0 Å². The lowest BCUT2D eigenvalue weighted by Crippen LogP contribution is -2.42. The second-order valence-corrected chi connectivity index (χ2v) is 5.87. The van der Waals surface area contributed by atoms with Crippen LogP contribution in [0.5, 0.6) is 0 Å². The Balaban J connectivity index is 2.13. The second-order valence-electron chi connectivity index (χ2n) is 5.87. The van der Waals surface area contributed by atoms with Crippen molar-refractivity contribution in [3.63, 3.8) is 0 Å². The van der Waals surface area contributed by atoms with Crippen LogP contribution < -0.4 is 16.2 Å². The highest BCUT2D eigenvalue weighted by Crippen LogP contribution is 2.22. The number of benzene rings is 1. The maximum atomic E-state index is 13.1. The van der Waals surface area contributed by atoms with E-state index in [0.717, 1.165) is 16.9 Å². The standard InChI is InChI=1S/C17H24FN3/c1-10(2)16-12(4)13(5)17(21-20-16)19-9-14-6-7-15(18)8-11(14)3/h6-8,10,19-21H,9H2,1-5H3. The summed E-state index contributed by atoms with van der Waals surface area (Å²) >= 11 is 0. The zero-order chi connectivity index (χ0) is 15.6. The summed E-state index contributed by atoms with van der Waals surface area (Å²) in [4.78, 5) is 0. The third-order valence-corrected chi connectivity index (χ3v) is 4.00. The van der Waals surface area contributed by atoms with Crippen LogP contribution in [0.4, 0.5) is 4.39 Å². The second kappa shape index (κ2) is 6.20. The van der Waals surface area contributed by atoms with Gasteiger partial charge in [0.2, 0.25) is 0 Å². The van der Waals surface area contributed by atoms with E-state index in [0.29, 0.717) is 12.5 Å². The van der Waals surface area contributed by atoms with Gasteiger partial charge in [-0.1, -0.05) is 19.9 Å². The van der Waals surface area contributed by atoms with Gasteiger partial charge in [0.05, 0.1) is 0 Å². The molecule has 0 aromatic heterocycles. The zero-order valence-corrected chi connectivity index (χ0v) is 13.4. The number of aryl methyl sites for hydroxylation is 1. The van der Waals surface area contributed by atoms with Crippen LogP contribution in [-0.4, -0.2) is 0 Å². The van der Waals surface area contributed by atoms with Gasteiger partial charge in [-0.3, -0.25) is 5.43 Å². The molecule has 0 spiro atoms. The van der Waals surface area contributed by atoms with Crippen molar-refractivity contribution in [2.45, 2.75) is 41.2 Å². The minimum absolute atomic E-state index is 0.190. The van der Waals surface area contributed by atoms with E-state index < -0.39 is 0 Å². The fourth-order valence-electron chi connectivity index (χ4n) is 2.50. The number of nitrogens with one attached hydrogen (secondary N) is 3. The molecule has 0 radical (unpaired) electrons. The number of halogens is 1. The van der Waals surface area contributed by atoms with Crippen molar-refractivity contribution >= 4 is 0 Å². The number of rotatable bonds is 4. The van der Waals surface area contributed by atoms with Gasteiger partial charge >= 0.3 is 0 Å². The summed E-state index contributed by atoms with van der Waals surface area (Å²) in [6.45, 7) is 11.2. The Morgan fingerprint density at radius 1 is 1.10 bits per heavy atom. The molecule has 21 heavy (non-hydrogen) atoms. The van der Waals surface area contributed by atoms with Crippen LogP contribution in [0.1, 0.15) is 38.8 Å². The molecule has 2 rings (SSSR count). The lowest BCUT2D eigenvalue weighted by molar-refractivity contribution is 0.535. The Labute approximate surface area is 126 Å². The van der Waals surface area contributed by atoms with E-state index in [-0.39, 0.29) is 5.82 Å². The number of hydrazine groups is 1. The van der Waals surface area contributed by atoms with Crippen molar-refractivity contribution in [2.75, 3.05) is 0 Å². The van der Waals surface area contributed by atoms with Crippen molar-refractivity contribution in [3.05, 3.63) is 57.8 Å². The molecule has 114 valence electrons. The van der Waals surface area contributed by atoms with E-state index in [1.54, 1.807) is 6.07 Å². The van der Waals surface area contributed by atoms with Crippen molar-refractivity contribution in [2.24, 2.45) is 5.92 Å². The number of hydrogen-bond acceptors (Lipinski definition) is 3. The lowest BCUT2D eigenvalue weighted by atomic mass is 9.99. The molecule has 0 atom stereocenters. The quantitative estimate of drug-likeness (QED) is 0.794. The van der Waals surface area contributed by atoms with Gasteiger partial charge in [0.15, 0.2) is 0 Å². The molecule has 1 heterocycles. The molecule has 1 aromatic rings. The summed E-state index contributed by atoms with van der Waals surface area (Å²) in [6.07, 6.45) is 0. The van der Waals surface area contributed by atoms with Gasteiger partial charge < -0.3 is 10.7 Å². The smallest absolute Gasteiger partial charge is 0.123 e. The summed E-state index contributed by atoms with van der Waals surface area (Å²) in [5.41, 5.74) is 12.2. The van der Waals surface area contributed by atoms with E-state index in [4.69, 9.17) is 0 Å². The van der Waals surface area contributed by atoms with Crippen LogP contribution in [0, 0.1) is 18.7 Å². The molecule has 3 nitrogen and oxygen atoms in total. The molecule has 0 bridgehead atoms. The Hall–Kier alpha value is -1.97. The predicted molar refractivity (Wildman–Crippen MR) is 84.5 cm³/mol. The molecule has 1 aliphatic rings. The van der Waals surface area contributed by atoms with E-state index >= 15 is 0 Å². The number of allylic oxidation sites excluding steroid dienone is 3. The average Bonchev–Trinajstić information content (AvgIpc) is 2.41. The summed E-state index contributed by atoms with van der Waals surface area (Å²) in [7, 11) is 0. The Bertz CT molecular complexity index is 600. The largest absolute Gasteiger partial charge is 0.366 e. The van der Waals surface area contributed by atoms with Gasteiger partial charge in [-0.2, -0.15) is 0 Å². The Morgan fingerprint density at radius 2 is 1.81 bits per heavy atom. The first-order valence-electron chi connectivity index (χ1n) is 7.33. The maximum Gasteiger partial charge on any atom is 0.123 e. The molecule has 1 aromatic carbocycles. The van der Waals surface area contributed by atoms with Gasteiger partial charge in [-0.15, -0.1) is 0 Å². The molecule has 4 heteroatoms. The fraction of sp³-hybridized carbons (Fsp3) is 0.412. The third-order valence-electron chi connectivity index (χ3n) is 4.00. The SMILES string of the molecule is CC1=C(NCc2ccc(F)cc2C)NNC(C(C)C)=C1C. The van der Waals surface area contributed by atoms with E-state index in [1.165, 1.54) is 22.9 Å². The fourth-order valence-corrected chi connectivity index (χ4v) is 2.50. The summed E-state index contributed by atoms with van der Waals surface area (Å²) < 4.78 is 13.1. The van der Waals surface area contributed by atoms with Crippen LogP contribution >= 0.6 is 0 Å². The highest BCUT2D eigenvalue weighted by molar-refractivity contribution is 5.38. The Kier molecular flexibility index (Phi) is 4.56. The van der Waals surface area contributed by atoms with Crippen molar-refractivity contribution in [1.29, 1.82) is 0 Å². The van der Waals surface area contributed by atoms with E-state index in [9.17, 15) is 4.39 Å². The summed E-state index contributed by atoms with van der Waals surface area (Å²) in [5.74, 6) is 1.23. The van der Waals surface area contributed by atoms with E-state index in [1.807, 2.05) is 13.0 Å². The molecule has 0 aliphatic carbocycles. The molecule has 0 saturated heterocycles. The monoisotopic (exact) mass is 289 g/mol. The molecule has 0 saturated carbocycles. The van der Waals surface area contributed by atoms with Gasteiger partial charge in [-0.05, 0) is 61.1 Å². The number of hydrogen-bond donors (Lipinski definition) is 3. The van der Waals surface area contributed by atoms with Crippen LogP contribution in [0.25, 0.3) is 0 Å². The van der Waals surface area contributed by atoms with Crippen LogP contribution in [0.15, 0.2) is 40.9 Å². The van der Waals surface area contributed by atoms with Crippen LogP contribution in [0.3, 0.4) is 0 Å². The normalized spacial score (nSPS) is 15.2. The minimum atomic E-state index is -0.190. The lowest BCUT2D eigenvalue weighted by Gasteiger charge is -2.28. The first-order valence-corrected chi connectivity index (χ1v) is 7.33. The summed E-state index contributed by atoms with van der Waals surface area (Å²) in [5, 5.41) is 3.39. The molecule has 0 fully saturated rings. The van der Waals surface area contributed by atoms with Crippen LogP contribution in [-0.2, 0) is 6.54 Å². The van der Waals surface area contributed by atoms with Crippen LogP contribution in [0.2, 0.25) is 0 Å². The minimum Gasteiger partial charge on any atom is -0.366 e. The van der Waals surface area contributed by atoms with Crippen molar-refractivity contribution < 1.29 is 4.39 Å². The average molecular weight is 289 g/mol. The first kappa shape index (κ1) is 15.4. The predicted octanol–water partition coefficient (Wildman–Crippen LogP) is 3.49. The zero-order valence-electron chi connectivity index (χ0n) is 13.4. The molecular weight excluding hydrogens is 265 g/mol. The van der Waals surface area contributed by atoms with Gasteiger partial charge in [0, 0.05) is 12.2 Å². The highest BCUT2D eigenvalue weighted by Gasteiger charge is 2.17. The topological polar surface area (TPSA) is 36.1 Å². The molecular formula is C17H24FN3. The summed E-state index contributed by atoms with van der Waals surface area (Å²) in [6, 6.07) is 4.89. The third kappa shape index (κ3) is 3.38. The Morgan fingerprint density at radius 3 is 2.43 bits per heavy atom. The molecule has 0 amide bonds. The highest BCUT2D eigenvalue weighted by atomic mass is 19.1. The van der Waals surface area contributed by atoms with Gasteiger partial charge in [0.25, 0.3) is 0 Å². The molecule has 3 N–H and O–H groups in total. The van der Waals surface area contributed by atoms with E-state index in [2.05, 4.69) is 43.9 Å². The van der Waals surface area contributed by atoms with Crippen molar-refractivity contribution in [1.82, 2.24) is 16.2 Å². The first-order chi connectivity index (χ1) is 9.90.